The van der Waals surface area contributed by atoms with Gasteiger partial charge in [-0.15, -0.1) is 0 Å². The summed E-state index contributed by atoms with van der Waals surface area (Å²) >= 11 is 0. The Kier molecular flexibility index (Phi) is 11.7. The molecule has 2 N–H and O–H groups in total. The molecule has 0 aliphatic heterocycles. The predicted octanol–water partition coefficient (Wildman–Crippen LogP) is 1.49. The third kappa shape index (κ3) is 8.51. The van der Waals surface area contributed by atoms with Gasteiger partial charge in [0.15, 0.2) is 0 Å². The van der Waals surface area contributed by atoms with Crippen LogP contribution in [0.5, 0.6) is 0 Å². The molecule has 0 fully saturated rings. The molecule has 0 aromatic heterocycles. The zero-order valence-corrected chi connectivity index (χ0v) is 13.7. The van der Waals surface area contributed by atoms with Crippen LogP contribution in [-0.4, -0.2) is 72.7 Å². The normalized spacial score (nSPS) is 13.1. The summed E-state index contributed by atoms with van der Waals surface area (Å²) in [7, 11) is 0. The molecule has 0 bridgehead atoms. The smallest absolute Gasteiger partial charge is 0.320 e. The molecule has 0 spiro atoms. The van der Waals surface area contributed by atoms with E-state index in [0.717, 1.165) is 45.7 Å². The van der Waals surface area contributed by atoms with Gasteiger partial charge in [0.1, 0.15) is 6.04 Å². The van der Waals surface area contributed by atoms with E-state index in [1.165, 1.54) is 0 Å². The summed E-state index contributed by atoms with van der Waals surface area (Å²) in [6, 6.07) is -0.420. The van der Waals surface area contributed by atoms with Gasteiger partial charge < -0.3 is 20.2 Å². The molecule has 1 atom stereocenters. The minimum atomic E-state index is -0.744. The summed E-state index contributed by atoms with van der Waals surface area (Å²) < 4.78 is 0. The molecule has 0 aliphatic carbocycles. The van der Waals surface area contributed by atoms with Crippen LogP contribution in [0.1, 0.15) is 40.5 Å². The van der Waals surface area contributed by atoms with E-state index < -0.39 is 12.0 Å². The Balaban J connectivity index is 3.98. The van der Waals surface area contributed by atoms with Crippen molar-refractivity contribution in [1.29, 1.82) is 0 Å². The van der Waals surface area contributed by atoms with Gasteiger partial charge in [0.25, 0.3) is 0 Å². The van der Waals surface area contributed by atoms with Crippen molar-refractivity contribution in [3.63, 3.8) is 0 Å². The van der Waals surface area contributed by atoms with E-state index in [4.69, 9.17) is 5.11 Å². The van der Waals surface area contributed by atoms with E-state index in [-0.39, 0.29) is 0 Å². The number of nitrogens with zero attached hydrogens (tertiary/aromatic N) is 2. The number of hydrogen-bond acceptors (Lipinski definition) is 4. The molecule has 5 nitrogen and oxygen atoms in total. The molecule has 0 heterocycles. The number of hydrogen-bond donors (Lipinski definition) is 2. The molecule has 0 saturated carbocycles. The fourth-order valence-electron chi connectivity index (χ4n) is 2.36. The number of carbonyl (C=O) groups is 1. The van der Waals surface area contributed by atoms with Crippen molar-refractivity contribution in [2.75, 3.05) is 45.8 Å². The Morgan fingerprint density at radius 1 is 1.00 bits per heavy atom. The molecule has 0 aromatic rings. The molecule has 1 unspecified atom stereocenters. The average molecular weight is 287 g/mol. The van der Waals surface area contributed by atoms with Crippen molar-refractivity contribution in [3.8, 4) is 0 Å². The molecule has 0 radical (unpaired) electrons. The Bertz CT molecular complexity index is 245. The zero-order valence-electron chi connectivity index (χ0n) is 13.7. The Hall–Kier alpha value is -0.650. The molecule has 20 heavy (non-hydrogen) atoms. The number of rotatable bonds is 13. The summed E-state index contributed by atoms with van der Waals surface area (Å²) in [5.41, 5.74) is 0. The molecular formula is C15H33N3O2. The quantitative estimate of drug-likeness (QED) is 0.537. The fraction of sp³-hybridized carbons (Fsp3) is 0.933. The van der Waals surface area contributed by atoms with Crippen LogP contribution in [0.2, 0.25) is 0 Å². The first-order chi connectivity index (χ1) is 9.58. The molecule has 0 amide bonds. The van der Waals surface area contributed by atoms with Crippen molar-refractivity contribution in [3.05, 3.63) is 0 Å². The van der Waals surface area contributed by atoms with Gasteiger partial charge in [-0.1, -0.05) is 27.7 Å². The summed E-state index contributed by atoms with van der Waals surface area (Å²) in [6.07, 6.45) is 1.82. The van der Waals surface area contributed by atoms with Crippen molar-refractivity contribution in [2.45, 2.75) is 46.6 Å². The Morgan fingerprint density at radius 2 is 1.55 bits per heavy atom. The van der Waals surface area contributed by atoms with E-state index in [1.54, 1.807) is 0 Å². The van der Waals surface area contributed by atoms with Crippen LogP contribution < -0.4 is 5.32 Å². The summed E-state index contributed by atoms with van der Waals surface area (Å²) in [4.78, 5) is 15.9. The number of nitrogens with one attached hydrogen (secondary N) is 1. The molecule has 0 saturated heterocycles. The second kappa shape index (κ2) is 12.1. The third-order valence-electron chi connectivity index (χ3n) is 3.77. The maximum atomic E-state index is 11.1. The van der Waals surface area contributed by atoms with Gasteiger partial charge in [-0.25, -0.2) is 0 Å². The number of carboxylic acids is 1. The largest absolute Gasteiger partial charge is 0.480 e. The highest BCUT2D eigenvalue weighted by Gasteiger charge is 2.16. The van der Waals surface area contributed by atoms with Gasteiger partial charge in [-0.3, -0.25) is 4.79 Å². The van der Waals surface area contributed by atoms with Gasteiger partial charge in [0.2, 0.25) is 0 Å². The van der Waals surface area contributed by atoms with Crippen LogP contribution >= 0.6 is 0 Å². The van der Waals surface area contributed by atoms with Crippen molar-refractivity contribution in [2.24, 2.45) is 0 Å². The average Bonchev–Trinajstić information content (AvgIpc) is 2.45. The van der Waals surface area contributed by atoms with E-state index in [2.05, 4.69) is 35.9 Å². The lowest BCUT2D eigenvalue weighted by Gasteiger charge is -2.24. The van der Waals surface area contributed by atoms with Crippen molar-refractivity contribution in [1.82, 2.24) is 15.1 Å². The Morgan fingerprint density at radius 3 is 2.00 bits per heavy atom. The van der Waals surface area contributed by atoms with E-state index in [1.807, 2.05) is 6.92 Å². The molecule has 5 heteroatoms. The SMILES string of the molecule is CCNC(CCN(CC)CCCN(CC)CC)C(=O)O. The first kappa shape index (κ1) is 19.4. The van der Waals surface area contributed by atoms with Crippen LogP contribution in [0.3, 0.4) is 0 Å². The van der Waals surface area contributed by atoms with Crippen LogP contribution in [0, 0.1) is 0 Å². The maximum Gasteiger partial charge on any atom is 0.320 e. The second-order valence-corrected chi connectivity index (χ2v) is 5.05. The van der Waals surface area contributed by atoms with Gasteiger partial charge in [0, 0.05) is 6.54 Å². The monoisotopic (exact) mass is 287 g/mol. The minimum absolute atomic E-state index is 0.420. The van der Waals surface area contributed by atoms with Gasteiger partial charge in [0.05, 0.1) is 0 Å². The van der Waals surface area contributed by atoms with Crippen LogP contribution in [0.4, 0.5) is 0 Å². The lowest BCUT2D eigenvalue weighted by atomic mass is 10.2. The summed E-state index contributed by atoms with van der Waals surface area (Å²) in [5.74, 6) is -0.744. The lowest BCUT2D eigenvalue weighted by molar-refractivity contribution is -0.139. The summed E-state index contributed by atoms with van der Waals surface area (Å²) in [5, 5.41) is 12.1. The highest BCUT2D eigenvalue weighted by Crippen LogP contribution is 2.00. The fourth-order valence-corrected chi connectivity index (χ4v) is 2.36. The first-order valence-electron chi connectivity index (χ1n) is 7.99. The van der Waals surface area contributed by atoms with Gasteiger partial charge in [-0.2, -0.15) is 0 Å². The summed E-state index contributed by atoms with van der Waals surface area (Å²) in [6.45, 7) is 15.4. The van der Waals surface area contributed by atoms with E-state index in [9.17, 15) is 4.79 Å². The molecule has 0 aromatic carbocycles. The Labute approximate surface area is 124 Å². The highest BCUT2D eigenvalue weighted by atomic mass is 16.4. The molecule has 120 valence electrons. The first-order valence-corrected chi connectivity index (χ1v) is 7.99. The predicted molar refractivity (Wildman–Crippen MR) is 84.2 cm³/mol. The topological polar surface area (TPSA) is 55.8 Å². The number of carboxylic acid groups (broad SMARTS) is 1. The van der Waals surface area contributed by atoms with E-state index in [0.29, 0.717) is 13.0 Å². The number of likely N-dealkylation sites (N-methyl/N-ethyl adjacent to an activating group) is 1. The standard InChI is InChI=1S/C15H33N3O2/c1-5-16-14(15(19)20)10-13-18(8-4)12-9-11-17(6-2)7-3/h14,16H,5-13H2,1-4H3,(H,19,20). The molecule has 0 rings (SSSR count). The molecule has 0 aliphatic rings. The van der Waals surface area contributed by atoms with Crippen molar-refractivity contribution >= 4 is 5.97 Å². The zero-order chi connectivity index (χ0) is 15.4. The minimum Gasteiger partial charge on any atom is -0.480 e. The molecular weight excluding hydrogens is 254 g/mol. The van der Waals surface area contributed by atoms with Crippen LogP contribution in [-0.2, 0) is 4.79 Å². The van der Waals surface area contributed by atoms with Gasteiger partial charge in [-0.05, 0) is 52.1 Å². The number of aliphatic carboxylic acids is 1. The third-order valence-corrected chi connectivity index (χ3v) is 3.77. The highest BCUT2D eigenvalue weighted by molar-refractivity contribution is 5.73. The maximum absolute atomic E-state index is 11.1. The lowest BCUT2D eigenvalue weighted by Crippen LogP contribution is -2.40. The van der Waals surface area contributed by atoms with Gasteiger partial charge >= 0.3 is 5.97 Å². The second-order valence-electron chi connectivity index (χ2n) is 5.05. The van der Waals surface area contributed by atoms with Crippen LogP contribution in [0.25, 0.3) is 0 Å². The van der Waals surface area contributed by atoms with E-state index >= 15 is 0 Å². The van der Waals surface area contributed by atoms with Crippen LogP contribution in [0.15, 0.2) is 0 Å². The van der Waals surface area contributed by atoms with Crippen molar-refractivity contribution < 1.29 is 9.90 Å².